The molecule has 1 fully saturated rings. The van der Waals surface area contributed by atoms with E-state index in [1.165, 1.54) is 24.3 Å². The van der Waals surface area contributed by atoms with E-state index in [0.717, 1.165) is 6.07 Å². The smallest absolute Gasteiger partial charge is 0.255 e. The predicted octanol–water partition coefficient (Wildman–Crippen LogP) is 4.06. The summed E-state index contributed by atoms with van der Waals surface area (Å²) in [7, 11) is 0. The summed E-state index contributed by atoms with van der Waals surface area (Å²) in [5, 5.41) is 2.63. The highest BCUT2D eigenvalue weighted by atomic mass is 35.5. The molecule has 29 heavy (non-hydrogen) atoms. The van der Waals surface area contributed by atoms with Gasteiger partial charge in [-0.15, -0.1) is 0 Å². The number of hydrogen-bond acceptors (Lipinski definition) is 3. The summed E-state index contributed by atoms with van der Waals surface area (Å²) in [6, 6.07) is 7.45. The van der Waals surface area contributed by atoms with Gasteiger partial charge in [0.1, 0.15) is 11.6 Å². The molecule has 0 aromatic heterocycles. The Labute approximate surface area is 177 Å². The van der Waals surface area contributed by atoms with Crippen LogP contribution < -0.4 is 5.32 Å². The maximum atomic E-state index is 13.7. The number of amides is 2. The minimum atomic E-state index is -0.708. The summed E-state index contributed by atoms with van der Waals surface area (Å²) < 4.78 is 27.0. The van der Waals surface area contributed by atoms with Crippen molar-refractivity contribution in [2.24, 2.45) is 0 Å². The van der Waals surface area contributed by atoms with E-state index >= 15 is 0 Å². The summed E-state index contributed by atoms with van der Waals surface area (Å²) in [6.45, 7) is 3.37. The normalized spacial score (nSPS) is 15.8. The summed E-state index contributed by atoms with van der Waals surface area (Å²) in [6.07, 6.45) is 0. The van der Waals surface area contributed by atoms with Gasteiger partial charge in [-0.1, -0.05) is 29.3 Å². The van der Waals surface area contributed by atoms with Crippen molar-refractivity contribution in [3.05, 3.63) is 63.6 Å². The molecule has 1 unspecified atom stereocenters. The average Bonchev–Trinajstić information content (AvgIpc) is 2.70. The molecule has 0 saturated carbocycles. The standard InChI is InChI=1S/C20H19Cl2F2N3O2/c1-12(19(28)25-14-4-2-3-13(23)9-14)26-5-7-27(8-6-26)20(29)15-10-18(24)17(22)11-16(15)21/h2-4,9-12H,5-8H2,1H3,(H,25,28). The van der Waals surface area contributed by atoms with E-state index in [1.807, 2.05) is 4.90 Å². The molecule has 3 rings (SSSR count). The summed E-state index contributed by atoms with van der Waals surface area (Å²) in [5.41, 5.74) is 0.439. The topological polar surface area (TPSA) is 52.7 Å². The van der Waals surface area contributed by atoms with E-state index < -0.39 is 17.7 Å². The molecular weight excluding hydrogens is 423 g/mol. The number of carbonyl (C=O) groups excluding carboxylic acids is 2. The Morgan fingerprint density at radius 3 is 2.38 bits per heavy atom. The second-order valence-electron chi connectivity index (χ2n) is 6.75. The number of halogens is 4. The second-order valence-corrected chi connectivity index (χ2v) is 7.56. The molecule has 0 aliphatic carbocycles. The first kappa shape index (κ1) is 21.5. The molecule has 2 aromatic carbocycles. The fraction of sp³-hybridized carbons (Fsp3) is 0.300. The monoisotopic (exact) mass is 441 g/mol. The lowest BCUT2D eigenvalue weighted by molar-refractivity contribution is -0.121. The average molecular weight is 442 g/mol. The highest BCUT2D eigenvalue weighted by molar-refractivity contribution is 6.36. The Bertz CT molecular complexity index is 934. The summed E-state index contributed by atoms with van der Waals surface area (Å²) in [4.78, 5) is 28.6. The number of anilines is 1. The van der Waals surface area contributed by atoms with Crippen LogP contribution in [0.1, 0.15) is 17.3 Å². The van der Waals surface area contributed by atoms with Crippen LogP contribution in [0.25, 0.3) is 0 Å². The van der Waals surface area contributed by atoms with Gasteiger partial charge in [-0.3, -0.25) is 14.5 Å². The van der Waals surface area contributed by atoms with Gasteiger partial charge in [-0.05, 0) is 37.3 Å². The van der Waals surface area contributed by atoms with Gasteiger partial charge in [0, 0.05) is 31.9 Å². The lowest BCUT2D eigenvalue weighted by Gasteiger charge is -2.37. The number of benzene rings is 2. The van der Waals surface area contributed by atoms with Gasteiger partial charge >= 0.3 is 0 Å². The molecule has 0 bridgehead atoms. The van der Waals surface area contributed by atoms with E-state index in [-0.39, 0.29) is 27.4 Å². The Balaban J connectivity index is 1.59. The lowest BCUT2D eigenvalue weighted by atomic mass is 10.1. The fourth-order valence-corrected chi connectivity index (χ4v) is 3.61. The van der Waals surface area contributed by atoms with Gasteiger partial charge in [0.25, 0.3) is 5.91 Å². The van der Waals surface area contributed by atoms with Crippen LogP contribution in [0.2, 0.25) is 10.0 Å². The number of nitrogens with zero attached hydrogens (tertiary/aromatic N) is 2. The molecule has 1 N–H and O–H groups in total. The molecular formula is C20H19Cl2F2N3O2. The molecule has 154 valence electrons. The molecule has 1 aliphatic rings. The molecule has 1 heterocycles. The van der Waals surface area contributed by atoms with Crippen molar-refractivity contribution in [3.63, 3.8) is 0 Å². The van der Waals surface area contributed by atoms with Crippen molar-refractivity contribution in [2.45, 2.75) is 13.0 Å². The first-order chi connectivity index (χ1) is 13.8. The summed E-state index contributed by atoms with van der Waals surface area (Å²) >= 11 is 11.7. The van der Waals surface area contributed by atoms with Crippen LogP contribution >= 0.6 is 23.2 Å². The van der Waals surface area contributed by atoms with E-state index in [0.29, 0.717) is 31.9 Å². The minimum Gasteiger partial charge on any atom is -0.336 e. The fourth-order valence-electron chi connectivity index (χ4n) is 3.15. The highest BCUT2D eigenvalue weighted by Gasteiger charge is 2.29. The highest BCUT2D eigenvalue weighted by Crippen LogP contribution is 2.26. The molecule has 1 saturated heterocycles. The van der Waals surface area contributed by atoms with E-state index in [2.05, 4.69) is 5.32 Å². The second kappa shape index (κ2) is 9.07. The van der Waals surface area contributed by atoms with Crippen LogP contribution in [0.5, 0.6) is 0 Å². The summed E-state index contributed by atoms with van der Waals surface area (Å²) in [5.74, 6) is -1.79. The van der Waals surface area contributed by atoms with Gasteiger partial charge in [0.15, 0.2) is 0 Å². The molecule has 0 radical (unpaired) electrons. The number of hydrogen-bond donors (Lipinski definition) is 1. The third-order valence-electron chi connectivity index (χ3n) is 4.86. The Kier molecular flexibility index (Phi) is 6.72. The van der Waals surface area contributed by atoms with Crippen LogP contribution in [0, 0.1) is 11.6 Å². The van der Waals surface area contributed by atoms with Crippen molar-refractivity contribution in [1.29, 1.82) is 0 Å². The SMILES string of the molecule is CC(C(=O)Nc1cccc(F)c1)N1CCN(C(=O)c2cc(F)c(Cl)cc2Cl)CC1. The third kappa shape index (κ3) is 5.04. The molecule has 5 nitrogen and oxygen atoms in total. The Morgan fingerprint density at radius 1 is 1.03 bits per heavy atom. The largest absolute Gasteiger partial charge is 0.336 e. The molecule has 2 amide bonds. The number of carbonyl (C=O) groups is 2. The Hall–Kier alpha value is -2.22. The zero-order valence-electron chi connectivity index (χ0n) is 15.6. The number of piperazine rings is 1. The predicted molar refractivity (Wildman–Crippen MR) is 108 cm³/mol. The third-order valence-corrected chi connectivity index (χ3v) is 5.46. The molecule has 1 atom stereocenters. The van der Waals surface area contributed by atoms with Crippen LogP contribution in [0.3, 0.4) is 0 Å². The van der Waals surface area contributed by atoms with Gasteiger partial charge in [0.2, 0.25) is 5.91 Å². The van der Waals surface area contributed by atoms with Gasteiger partial charge in [-0.2, -0.15) is 0 Å². The molecule has 9 heteroatoms. The minimum absolute atomic E-state index is 0.0545. The van der Waals surface area contributed by atoms with E-state index in [4.69, 9.17) is 23.2 Å². The van der Waals surface area contributed by atoms with Crippen molar-refractivity contribution >= 4 is 40.7 Å². The molecule has 2 aromatic rings. The van der Waals surface area contributed by atoms with Crippen LogP contribution in [-0.2, 0) is 4.79 Å². The Morgan fingerprint density at radius 2 is 1.72 bits per heavy atom. The van der Waals surface area contributed by atoms with E-state index in [1.54, 1.807) is 17.9 Å². The zero-order valence-corrected chi connectivity index (χ0v) is 17.1. The first-order valence-corrected chi connectivity index (χ1v) is 9.76. The van der Waals surface area contributed by atoms with E-state index in [9.17, 15) is 18.4 Å². The van der Waals surface area contributed by atoms with Crippen LogP contribution in [-0.4, -0.2) is 53.8 Å². The van der Waals surface area contributed by atoms with Gasteiger partial charge in [0.05, 0.1) is 21.7 Å². The number of nitrogens with one attached hydrogen (secondary N) is 1. The van der Waals surface area contributed by atoms with Crippen LogP contribution in [0.15, 0.2) is 36.4 Å². The molecule has 0 spiro atoms. The zero-order chi connectivity index (χ0) is 21.1. The van der Waals surface area contributed by atoms with Gasteiger partial charge < -0.3 is 10.2 Å². The first-order valence-electron chi connectivity index (χ1n) is 9.00. The molecule has 1 aliphatic heterocycles. The van der Waals surface area contributed by atoms with Crippen molar-refractivity contribution in [3.8, 4) is 0 Å². The van der Waals surface area contributed by atoms with Crippen LogP contribution in [0.4, 0.5) is 14.5 Å². The number of rotatable bonds is 4. The lowest BCUT2D eigenvalue weighted by Crippen LogP contribution is -2.54. The van der Waals surface area contributed by atoms with Crippen molar-refractivity contribution < 1.29 is 18.4 Å². The van der Waals surface area contributed by atoms with Crippen molar-refractivity contribution in [1.82, 2.24) is 9.80 Å². The quantitative estimate of drug-likeness (QED) is 0.727. The maximum absolute atomic E-state index is 13.7. The van der Waals surface area contributed by atoms with Crippen molar-refractivity contribution in [2.75, 3.05) is 31.5 Å². The maximum Gasteiger partial charge on any atom is 0.255 e. The van der Waals surface area contributed by atoms with Gasteiger partial charge in [-0.25, -0.2) is 8.78 Å².